The van der Waals surface area contributed by atoms with Gasteiger partial charge in [0.25, 0.3) is 0 Å². The Bertz CT molecular complexity index is 151. The van der Waals surface area contributed by atoms with Crippen molar-refractivity contribution in [3.05, 3.63) is 0 Å². The average molecular weight is 188 g/mol. The molecule has 0 aliphatic rings. The summed E-state index contributed by atoms with van der Waals surface area (Å²) in [6, 6.07) is 0. The highest BCUT2D eigenvalue weighted by Crippen LogP contribution is 2.44. The molecule has 2 heteroatoms. The van der Waals surface area contributed by atoms with Crippen molar-refractivity contribution in [3.8, 4) is 0 Å². The average Bonchev–Trinajstić information content (AvgIpc) is 2.03. The van der Waals surface area contributed by atoms with E-state index in [1.807, 2.05) is 27.7 Å². The van der Waals surface area contributed by atoms with E-state index in [1.54, 1.807) is 13.8 Å². The van der Waals surface area contributed by atoms with E-state index < -0.39 is 16.6 Å². The molecule has 0 aromatic rings. The lowest BCUT2D eigenvalue weighted by Gasteiger charge is -2.49. The van der Waals surface area contributed by atoms with E-state index in [-0.39, 0.29) is 0 Å². The summed E-state index contributed by atoms with van der Waals surface area (Å²) < 4.78 is 0. The maximum absolute atomic E-state index is 10.2. The van der Waals surface area contributed by atoms with Crippen molar-refractivity contribution in [3.63, 3.8) is 0 Å². The van der Waals surface area contributed by atoms with Crippen LogP contribution in [0.25, 0.3) is 0 Å². The molecule has 0 aliphatic heterocycles. The highest BCUT2D eigenvalue weighted by molar-refractivity contribution is 5.00. The molecular weight excluding hydrogens is 164 g/mol. The van der Waals surface area contributed by atoms with Crippen LogP contribution in [0.3, 0.4) is 0 Å². The Labute approximate surface area is 82.0 Å². The Morgan fingerprint density at radius 2 is 1.00 bits per heavy atom. The number of rotatable bonds is 4. The first-order chi connectivity index (χ1) is 5.62. The fourth-order valence-corrected chi connectivity index (χ4v) is 1.46. The molecule has 2 nitrogen and oxygen atoms in total. The third kappa shape index (κ3) is 2.05. The molecular formula is C11H24O2. The summed E-state index contributed by atoms with van der Waals surface area (Å²) in [4.78, 5) is 0. The molecule has 2 atom stereocenters. The van der Waals surface area contributed by atoms with Crippen molar-refractivity contribution in [2.45, 2.75) is 65.6 Å². The van der Waals surface area contributed by atoms with E-state index in [4.69, 9.17) is 0 Å². The van der Waals surface area contributed by atoms with Crippen LogP contribution in [0.15, 0.2) is 0 Å². The summed E-state index contributed by atoms with van der Waals surface area (Å²) >= 11 is 0. The van der Waals surface area contributed by atoms with Gasteiger partial charge in [-0.2, -0.15) is 0 Å². The lowest BCUT2D eigenvalue weighted by molar-refractivity contribution is -0.166. The summed E-state index contributed by atoms with van der Waals surface area (Å²) in [7, 11) is 0. The van der Waals surface area contributed by atoms with Gasteiger partial charge in [0.15, 0.2) is 0 Å². The minimum Gasteiger partial charge on any atom is -0.390 e. The third-order valence-corrected chi connectivity index (χ3v) is 4.07. The second-order valence-electron chi connectivity index (χ2n) is 4.88. The Kier molecular flexibility index (Phi) is 3.56. The second-order valence-corrected chi connectivity index (χ2v) is 4.88. The SMILES string of the molecule is CCC(C)(O)C(C)(C)C(C)(O)CC. The van der Waals surface area contributed by atoms with E-state index in [0.717, 1.165) is 0 Å². The highest BCUT2D eigenvalue weighted by Gasteiger charge is 2.49. The molecule has 2 N–H and O–H groups in total. The molecule has 13 heavy (non-hydrogen) atoms. The van der Waals surface area contributed by atoms with Crippen LogP contribution in [-0.2, 0) is 0 Å². The topological polar surface area (TPSA) is 40.5 Å². The maximum Gasteiger partial charge on any atom is 0.0695 e. The van der Waals surface area contributed by atoms with Gasteiger partial charge in [0.2, 0.25) is 0 Å². The van der Waals surface area contributed by atoms with Crippen molar-refractivity contribution in [2.75, 3.05) is 0 Å². The zero-order valence-corrected chi connectivity index (χ0v) is 9.81. The quantitative estimate of drug-likeness (QED) is 0.711. The first-order valence-electron chi connectivity index (χ1n) is 5.07. The lowest BCUT2D eigenvalue weighted by Crippen LogP contribution is -2.55. The van der Waals surface area contributed by atoms with E-state index in [0.29, 0.717) is 12.8 Å². The molecule has 0 heterocycles. The molecule has 0 fully saturated rings. The molecule has 0 amide bonds. The fraction of sp³-hybridized carbons (Fsp3) is 1.00. The Balaban J connectivity index is 4.95. The van der Waals surface area contributed by atoms with Gasteiger partial charge in [0, 0.05) is 5.41 Å². The van der Waals surface area contributed by atoms with Gasteiger partial charge in [-0.3, -0.25) is 0 Å². The molecule has 0 bridgehead atoms. The van der Waals surface area contributed by atoms with E-state index in [2.05, 4.69) is 0 Å². The molecule has 0 aliphatic carbocycles. The van der Waals surface area contributed by atoms with E-state index in [1.165, 1.54) is 0 Å². The molecule has 80 valence electrons. The van der Waals surface area contributed by atoms with E-state index >= 15 is 0 Å². The van der Waals surface area contributed by atoms with Gasteiger partial charge in [0.1, 0.15) is 0 Å². The summed E-state index contributed by atoms with van der Waals surface area (Å²) in [6.07, 6.45) is 1.30. The molecule has 0 radical (unpaired) electrons. The summed E-state index contributed by atoms with van der Waals surface area (Å²) in [6.45, 7) is 11.3. The molecule has 2 unspecified atom stereocenters. The minimum atomic E-state index is -0.827. The Hall–Kier alpha value is -0.0800. The van der Waals surface area contributed by atoms with Crippen LogP contribution in [-0.4, -0.2) is 21.4 Å². The van der Waals surface area contributed by atoms with Crippen molar-refractivity contribution in [2.24, 2.45) is 5.41 Å². The van der Waals surface area contributed by atoms with Crippen molar-refractivity contribution >= 4 is 0 Å². The molecule has 0 aromatic heterocycles. The first-order valence-corrected chi connectivity index (χ1v) is 5.07. The molecule has 0 aromatic carbocycles. The number of hydrogen-bond acceptors (Lipinski definition) is 2. The molecule has 0 saturated carbocycles. The van der Waals surface area contributed by atoms with Crippen molar-refractivity contribution < 1.29 is 10.2 Å². The fourth-order valence-electron chi connectivity index (χ4n) is 1.46. The van der Waals surface area contributed by atoms with Gasteiger partial charge in [-0.1, -0.05) is 27.7 Å². The Morgan fingerprint density at radius 1 is 0.769 bits per heavy atom. The Morgan fingerprint density at radius 3 is 1.15 bits per heavy atom. The van der Waals surface area contributed by atoms with Gasteiger partial charge in [0.05, 0.1) is 11.2 Å². The van der Waals surface area contributed by atoms with Crippen LogP contribution in [0, 0.1) is 5.41 Å². The largest absolute Gasteiger partial charge is 0.390 e. The van der Waals surface area contributed by atoms with E-state index in [9.17, 15) is 10.2 Å². The first kappa shape index (κ1) is 12.9. The third-order valence-electron chi connectivity index (χ3n) is 4.07. The predicted octanol–water partition coefficient (Wildman–Crippen LogP) is 2.33. The second kappa shape index (κ2) is 3.58. The van der Waals surface area contributed by atoms with Gasteiger partial charge >= 0.3 is 0 Å². The summed E-state index contributed by atoms with van der Waals surface area (Å²) in [5, 5.41) is 20.3. The minimum absolute atomic E-state index is 0.497. The van der Waals surface area contributed by atoms with Gasteiger partial charge in [-0.05, 0) is 26.7 Å². The van der Waals surface area contributed by atoms with Crippen molar-refractivity contribution in [1.29, 1.82) is 0 Å². The number of hydrogen-bond donors (Lipinski definition) is 2. The van der Waals surface area contributed by atoms with Gasteiger partial charge < -0.3 is 10.2 Å². The van der Waals surface area contributed by atoms with Crippen LogP contribution in [0.2, 0.25) is 0 Å². The van der Waals surface area contributed by atoms with Crippen LogP contribution < -0.4 is 0 Å². The highest BCUT2D eigenvalue weighted by atomic mass is 16.3. The normalized spacial score (nSPS) is 22.2. The lowest BCUT2D eigenvalue weighted by atomic mass is 9.63. The van der Waals surface area contributed by atoms with Crippen LogP contribution in [0.5, 0.6) is 0 Å². The van der Waals surface area contributed by atoms with Gasteiger partial charge in [-0.15, -0.1) is 0 Å². The van der Waals surface area contributed by atoms with Gasteiger partial charge in [-0.25, -0.2) is 0 Å². The van der Waals surface area contributed by atoms with Crippen molar-refractivity contribution in [1.82, 2.24) is 0 Å². The molecule has 0 spiro atoms. The zero-order chi connectivity index (χ0) is 10.9. The summed E-state index contributed by atoms with van der Waals surface area (Å²) in [5.74, 6) is 0. The zero-order valence-electron chi connectivity index (χ0n) is 9.81. The predicted molar refractivity (Wildman–Crippen MR) is 55.6 cm³/mol. The molecule has 0 rings (SSSR count). The summed E-state index contributed by atoms with van der Waals surface area (Å²) in [5.41, 5.74) is -2.15. The maximum atomic E-state index is 10.2. The standard InChI is InChI=1S/C11H24O2/c1-7-10(5,12)9(3,4)11(6,13)8-2/h12-13H,7-8H2,1-6H3. The number of aliphatic hydroxyl groups is 2. The van der Waals surface area contributed by atoms with Crippen LogP contribution >= 0.6 is 0 Å². The van der Waals surface area contributed by atoms with Crippen LogP contribution in [0.1, 0.15) is 54.4 Å². The van der Waals surface area contributed by atoms with Crippen LogP contribution in [0.4, 0.5) is 0 Å². The molecule has 0 saturated heterocycles. The monoisotopic (exact) mass is 188 g/mol. The smallest absolute Gasteiger partial charge is 0.0695 e.